The standard InChI is InChI=1S/C17H16N2O4/c1-11(18-17(21)12-6-3-2-4-7-12)16(20)19-13-8-5-9-14-15(13)23-10-22-14/h2-9,11H,10H2,1H3,(H,18,21)(H,19,20). The minimum absolute atomic E-state index is 0.127. The van der Waals surface area contributed by atoms with Crippen molar-refractivity contribution in [2.45, 2.75) is 13.0 Å². The topological polar surface area (TPSA) is 76.7 Å². The molecule has 1 heterocycles. The maximum Gasteiger partial charge on any atom is 0.251 e. The van der Waals surface area contributed by atoms with Crippen molar-refractivity contribution in [2.75, 3.05) is 12.1 Å². The van der Waals surface area contributed by atoms with E-state index in [0.29, 0.717) is 22.7 Å². The molecule has 0 spiro atoms. The molecule has 1 atom stereocenters. The van der Waals surface area contributed by atoms with Gasteiger partial charge in [-0.15, -0.1) is 0 Å². The van der Waals surface area contributed by atoms with Gasteiger partial charge in [0.1, 0.15) is 6.04 Å². The van der Waals surface area contributed by atoms with Crippen molar-refractivity contribution >= 4 is 17.5 Å². The molecule has 0 saturated heterocycles. The number of benzene rings is 2. The van der Waals surface area contributed by atoms with Crippen LogP contribution in [0.5, 0.6) is 11.5 Å². The fourth-order valence-electron chi connectivity index (χ4n) is 2.20. The van der Waals surface area contributed by atoms with E-state index in [-0.39, 0.29) is 18.6 Å². The van der Waals surface area contributed by atoms with Crippen LogP contribution in [0.1, 0.15) is 17.3 Å². The second-order valence-corrected chi connectivity index (χ2v) is 5.09. The van der Waals surface area contributed by atoms with E-state index in [9.17, 15) is 9.59 Å². The van der Waals surface area contributed by atoms with Crippen molar-refractivity contribution in [3.63, 3.8) is 0 Å². The lowest BCUT2D eigenvalue weighted by molar-refractivity contribution is -0.117. The SMILES string of the molecule is CC(NC(=O)c1ccccc1)C(=O)Nc1cccc2c1OCO2. The van der Waals surface area contributed by atoms with Crippen LogP contribution < -0.4 is 20.1 Å². The van der Waals surface area contributed by atoms with Gasteiger partial charge >= 0.3 is 0 Å². The van der Waals surface area contributed by atoms with Crippen molar-refractivity contribution in [1.82, 2.24) is 5.32 Å². The number of nitrogens with one attached hydrogen (secondary N) is 2. The smallest absolute Gasteiger partial charge is 0.251 e. The van der Waals surface area contributed by atoms with E-state index in [0.717, 1.165) is 0 Å². The Balaban J connectivity index is 1.65. The van der Waals surface area contributed by atoms with Gasteiger partial charge in [0.05, 0.1) is 5.69 Å². The van der Waals surface area contributed by atoms with Crippen LogP contribution in [0.4, 0.5) is 5.69 Å². The van der Waals surface area contributed by atoms with E-state index in [2.05, 4.69) is 10.6 Å². The molecule has 2 aromatic carbocycles. The Hall–Kier alpha value is -3.02. The quantitative estimate of drug-likeness (QED) is 0.907. The number of anilines is 1. The molecule has 118 valence electrons. The highest BCUT2D eigenvalue weighted by atomic mass is 16.7. The fraction of sp³-hybridized carbons (Fsp3) is 0.176. The second-order valence-electron chi connectivity index (χ2n) is 5.09. The van der Waals surface area contributed by atoms with E-state index in [1.165, 1.54) is 0 Å². The Kier molecular flexibility index (Phi) is 4.14. The van der Waals surface area contributed by atoms with Gasteiger partial charge in [-0.05, 0) is 31.2 Å². The number of hydrogen-bond acceptors (Lipinski definition) is 4. The van der Waals surface area contributed by atoms with Crippen LogP contribution in [-0.2, 0) is 4.79 Å². The zero-order chi connectivity index (χ0) is 16.2. The van der Waals surface area contributed by atoms with Gasteiger partial charge in [-0.2, -0.15) is 0 Å². The van der Waals surface area contributed by atoms with E-state index in [4.69, 9.17) is 9.47 Å². The molecule has 0 bridgehead atoms. The Morgan fingerprint density at radius 2 is 1.83 bits per heavy atom. The third-order valence-electron chi connectivity index (χ3n) is 3.43. The molecule has 6 nitrogen and oxygen atoms in total. The van der Waals surface area contributed by atoms with Crippen molar-refractivity contribution in [3.05, 3.63) is 54.1 Å². The lowest BCUT2D eigenvalue weighted by atomic mass is 10.2. The van der Waals surface area contributed by atoms with Crippen molar-refractivity contribution in [1.29, 1.82) is 0 Å². The predicted octanol–water partition coefficient (Wildman–Crippen LogP) is 2.17. The van der Waals surface area contributed by atoms with Crippen LogP contribution >= 0.6 is 0 Å². The summed E-state index contributed by atoms with van der Waals surface area (Å²) in [7, 11) is 0. The Bertz CT molecular complexity index is 731. The van der Waals surface area contributed by atoms with Gasteiger partial charge < -0.3 is 20.1 Å². The van der Waals surface area contributed by atoms with Gasteiger partial charge in [-0.1, -0.05) is 24.3 Å². The van der Waals surface area contributed by atoms with Crippen LogP contribution in [0.25, 0.3) is 0 Å². The molecule has 2 N–H and O–H groups in total. The predicted molar refractivity (Wildman–Crippen MR) is 84.6 cm³/mol. The zero-order valence-corrected chi connectivity index (χ0v) is 12.5. The highest BCUT2D eigenvalue weighted by Crippen LogP contribution is 2.38. The molecule has 1 unspecified atom stereocenters. The number of fused-ring (bicyclic) bond motifs is 1. The number of hydrogen-bond donors (Lipinski definition) is 2. The molecule has 6 heteroatoms. The first-order chi connectivity index (χ1) is 11.1. The number of carbonyl (C=O) groups excluding carboxylic acids is 2. The first-order valence-corrected chi connectivity index (χ1v) is 7.20. The minimum Gasteiger partial charge on any atom is -0.454 e. The van der Waals surface area contributed by atoms with Crippen molar-refractivity contribution in [3.8, 4) is 11.5 Å². The summed E-state index contributed by atoms with van der Waals surface area (Å²) in [5.41, 5.74) is 1.02. The molecule has 1 aliphatic heterocycles. The summed E-state index contributed by atoms with van der Waals surface area (Å²) < 4.78 is 10.6. The van der Waals surface area contributed by atoms with E-state index >= 15 is 0 Å². The van der Waals surface area contributed by atoms with E-state index < -0.39 is 6.04 Å². The lowest BCUT2D eigenvalue weighted by Crippen LogP contribution is -2.41. The summed E-state index contributed by atoms with van der Waals surface area (Å²) in [4.78, 5) is 24.3. The summed E-state index contributed by atoms with van der Waals surface area (Å²) in [6, 6.07) is 13.3. The molecule has 0 fully saturated rings. The number of carbonyl (C=O) groups is 2. The molecule has 3 rings (SSSR count). The Morgan fingerprint density at radius 3 is 2.61 bits per heavy atom. The molecule has 23 heavy (non-hydrogen) atoms. The number of amides is 2. The van der Waals surface area contributed by atoms with Crippen LogP contribution in [0.15, 0.2) is 48.5 Å². The number of para-hydroxylation sites is 1. The summed E-state index contributed by atoms with van der Waals surface area (Å²) in [5.74, 6) is 0.454. The summed E-state index contributed by atoms with van der Waals surface area (Å²) in [5, 5.41) is 5.40. The zero-order valence-electron chi connectivity index (χ0n) is 12.5. The van der Waals surface area contributed by atoms with Gasteiger partial charge in [-0.3, -0.25) is 9.59 Å². The molecular weight excluding hydrogens is 296 g/mol. The molecule has 0 saturated carbocycles. The number of ether oxygens (including phenoxy) is 2. The molecule has 1 aliphatic rings. The summed E-state index contributed by atoms with van der Waals surface area (Å²) in [6.45, 7) is 1.75. The van der Waals surface area contributed by atoms with Crippen LogP contribution in [0.3, 0.4) is 0 Å². The maximum atomic E-state index is 12.3. The Morgan fingerprint density at radius 1 is 1.04 bits per heavy atom. The molecular formula is C17H16N2O4. The van der Waals surface area contributed by atoms with Crippen LogP contribution in [0.2, 0.25) is 0 Å². The first-order valence-electron chi connectivity index (χ1n) is 7.20. The molecule has 2 aromatic rings. The third kappa shape index (κ3) is 3.26. The van der Waals surface area contributed by atoms with E-state index in [1.807, 2.05) is 6.07 Å². The van der Waals surface area contributed by atoms with Crippen molar-refractivity contribution < 1.29 is 19.1 Å². The monoisotopic (exact) mass is 312 g/mol. The average Bonchev–Trinajstić information content (AvgIpc) is 3.05. The van der Waals surface area contributed by atoms with E-state index in [1.54, 1.807) is 49.4 Å². The normalized spacial score (nSPS) is 13.3. The number of rotatable bonds is 4. The lowest BCUT2D eigenvalue weighted by Gasteiger charge is -2.15. The van der Waals surface area contributed by atoms with Gasteiger partial charge in [0.2, 0.25) is 12.7 Å². The Labute approximate surface area is 133 Å². The summed E-state index contributed by atoms with van der Waals surface area (Å²) in [6.07, 6.45) is 0. The molecule has 0 aromatic heterocycles. The first kappa shape index (κ1) is 14.9. The van der Waals surface area contributed by atoms with Crippen LogP contribution in [-0.4, -0.2) is 24.6 Å². The second kappa shape index (κ2) is 6.39. The van der Waals surface area contributed by atoms with Gasteiger partial charge in [-0.25, -0.2) is 0 Å². The fourth-order valence-corrected chi connectivity index (χ4v) is 2.20. The van der Waals surface area contributed by atoms with Crippen molar-refractivity contribution in [2.24, 2.45) is 0 Å². The molecule has 0 radical (unpaired) electrons. The third-order valence-corrected chi connectivity index (χ3v) is 3.43. The van der Waals surface area contributed by atoms with Gasteiger partial charge in [0, 0.05) is 5.56 Å². The maximum absolute atomic E-state index is 12.3. The molecule has 0 aliphatic carbocycles. The van der Waals surface area contributed by atoms with Gasteiger partial charge in [0.15, 0.2) is 11.5 Å². The minimum atomic E-state index is -0.694. The summed E-state index contributed by atoms with van der Waals surface area (Å²) >= 11 is 0. The highest BCUT2D eigenvalue weighted by Gasteiger charge is 2.21. The van der Waals surface area contributed by atoms with Gasteiger partial charge in [0.25, 0.3) is 5.91 Å². The van der Waals surface area contributed by atoms with Crippen LogP contribution in [0, 0.1) is 0 Å². The average molecular weight is 312 g/mol. The highest BCUT2D eigenvalue weighted by molar-refractivity contribution is 6.01. The largest absolute Gasteiger partial charge is 0.454 e. The molecule has 2 amide bonds.